The lowest BCUT2D eigenvalue weighted by Gasteiger charge is -2.11. The Hall–Kier alpha value is -5.60. The predicted molar refractivity (Wildman–Crippen MR) is 291 cm³/mol. The molecule has 64 heavy (non-hydrogen) atoms. The van der Waals surface area contributed by atoms with Crippen LogP contribution < -0.4 is 0 Å². The smallest absolute Gasteiger partial charge is 0.0571 e. The number of aryl methyl sites for hydroxylation is 1. The molecule has 308 valence electrons. The van der Waals surface area contributed by atoms with Crippen LogP contribution in [0, 0.1) is 0 Å². The van der Waals surface area contributed by atoms with Gasteiger partial charge in [-0.3, -0.25) is 0 Å². The summed E-state index contributed by atoms with van der Waals surface area (Å²) >= 11 is 9.70. The van der Waals surface area contributed by atoms with Crippen LogP contribution in [0.4, 0.5) is 0 Å². The van der Waals surface area contributed by atoms with Crippen molar-refractivity contribution in [3.8, 4) is 22.3 Å². The molecule has 0 saturated heterocycles. The monoisotopic (exact) mass is 911 g/mol. The zero-order valence-electron chi connectivity index (χ0n) is 35.3. The third-order valence-corrected chi connectivity index (χ3v) is 20.1. The Morgan fingerprint density at radius 2 is 0.734 bits per heavy atom. The maximum Gasteiger partial charge on any atom is 0.0571 e. The first-order valence-corrected chi connectivity index (χ1v) is 26.8. The molecule has 0 aliphatic rings. The summed E-state index contributed by atoms with van der Waals surface area (Å²) in [5.74, 6) is 0. The van der Waals surface area contributed by atoms with Gasteiger partial charge >= 0.3 is 0 Å². The minimum atomic E-state index is 1.03. The van der Waals surface area contributed by atoms with Crippen LogP contribution in [0.25, 0.3) is 134 Å². The lowest BCUT2D eigenvalue weighted by atomic mass is 10.00. The number of fused-ring (bicyclic) bond motifs is 19. The molecule has 0 amide bonds. The zero-order valence-corrected chi connectivity index (χ0v) is 39.4. The lowest BCUT2D eigenvalue weighted by molar-refractivity contribution is 0.571. The van der Waals surface area contributed by atoms with Crippen molar-refractivity contribution in [2.24, 2.45) is 0 Å². The summed E-state index contributed by atoms with van der Waals surface area (Å²) in [4.78, 5) is 0. The fraction of sp³-hybridized carbons (Fsp3) is 0.138. The predicted octanol–water partition coefficient (Wildman–Crippen LogP) is 20.2. The number of rotatable bonds is 9. The molecule has 0 aliphatic carbocycles. The van der Waals surface area contributed by atoms with Crippen molar-refractivity contribution < 1.29 is 0 Å². The molecule has 0 N–H and O–H groups in total. The normalized spacial score (nSPS) is 12.6. The highest BCUT2D eigenvalue weighted by Crippen LogP contribution is 2.48. The van der Waals surface area contributed by atoms with Gasteiger partial charge in [0.15, 0.2) is 0 Å². The van der Waals surface area contributed by atoms with Gasteiger partial charge in [0.05, 0.1) is 24.3 Å². The quantitative estimate of drug-likeness (QED) is 0.127. The lowest BCUT2D eigenvalue weighted by Crippen LogP contribution is -1.98. The van der Waals surface area contributed by atoms with Crippen molar-refractivity contribution in [3.63, 3.8) is 0 Å². The van der Waals surface area contributed by atoms with E-state index < -0.39 is 0 Å². The van der Waals surface area contributed by atoms with Gasteiger partial charge in [0.25, 0.3) is 0 Å². The summed E-state index contributed by atoms with van der Waals surface area (Å²) in [6.45, 7) is 3.33. The second-order valence-electron chi connectivity index (χ2n) is 17.6. The van der Waals surface area contributed by atoms with E-state index in [1.807, 2.05) is 56.7 Å². The molecule has 0 unspecified atom stereocenters. The molecule has 6 heteroatoms. The molecule has 0 aliphatic heterocycles. The van der Waals surface area contributed by atoms with E-state index in [4.69, 9.17) is 0 Å². The van der Waals surface area contributed by atoms with E-state index in [1.54, 1.807) is 0 Å². The van der Waals surface area contributed by atoms with Gasteiger partial charge < -0.3 is 4.57 Å². The van der Waals surface area contributed by atoms with Crippen LogP contribution in [0.2, 0.25) is 0 Å². The Balaban J connectivity index is 0.885. The van der Waals surface area contributed by atoms with Crippen LogP contribution in [-0.4, -0.2) is 4.57 Å². The number of hydrogen-bond donors (Lipinski definition) is 0. The van der Waals surface area contributed by atoms with Gasteiger partial charge in [-0.25, -0.2) is 0 Å². The summed E-state index contributed by atoms with van der Waals surface area (Å²) in [5.41, 5.74) is 7.90. The SMILES string of the molecule is CCCCCCCCn1c2cc(-c3ccc4c(c3)sc3c5ccccc5sc43)ccc2c2ccc3c(ccc4c5ccc(-c6ccc7c(c6)sc6c8ccccc8sc76)cc5sc43)c21. The highest BCUT2D eigenvalue weighted by atomic mass is 32.1. The number of thiophene rings is 5. The van der Waals surface area contributed by atoms with Crippen LogP contribution in [0.1, 0.15) is 45.4 Å². The fourth-order valence-electron chi connectivity index (χ4n) is 10.6. The van der Waals surface area contributed by atoms with Crippen LogP contribution >= 0.6 is 56.7 Å². The Morgan fingerprint density at radius 3 is 1.34 bits per heavy atom. The van der Waals surface area contributed by atoms with E-state index in [0.29, 0.717) is 0 Å². The van der Waals surface area contributed by atoms with Gasteiger partial charge in [0.1, 0.15) is 0 Å². The molecule has 0 radical (unpaired) electrons. The second kappa shape index (κ2) is 14.7. The maximum absolute atomic E-state index is 2.69. The van der Waals surface area contributed by atoms with Crippen LogP contribution in [0.15, 0.2) is 146 Å². The highest BCUT2D eigenvalue weighted by molar-refractivity contribution is 7.37. The fourth-order valence-corrected chi connectivity index (χ4v) is 17.3. The minimum absolute atomic E-state index is 1.03. The van der Waals surface area contributed by atoms with E-state index in [9.17, 15) is 0 Å². The van der Waals surface area contributed by atoms with Crippen molar-refractivity contribution >= 4 is 169 Å². The molecule has 0 bridgehead atoms. The molecule has 14 rings (SSSR count). The molecule has 6 heterocycles. The van der Waals surface area contributed by atoms with E-state index in [0.717, 1.165) is 6.54 Å². The van der Waals surface area contributed by atoms with E-state index in [1.165, 1.54) is 173 Å². The number of hydrogen-bond acceptors (Lipinski definition) is 5. The number of nitrogens with zero attached hydrogens (tertiary/aromatic N) is 1. The highest BCUT2D eigenvalue weighted by Gasteiger charge is 2.19. The molecule has 8 aromatic carbocycles. The first kappa shape index (κ1) is 37.7. The molecule has 0 atom stereocenters. The summed E-state index contributed by atoms with van der Waals surface area (Å²) in [5, 5.41) is 13.7. The molecule has 14 aromatic rings. The van der Waals surface area contributed by atoms with E-state index in [2.05, 4.69) is 157 Å². The third-order valence-electron chi connectivity index (χ3n) is 13.8. The van der Waals surface area contributed by atoms with Gasteiger partial charge in [0, 0.05) is 94.1 Å². The summed E-state index contributed by atoms with van der Waals surface area (Å²) in [7, 11) is 0. The van der Waals surface area contributed by atoms with Crippen LogP contribution in [0.5, 0.6) is 0 Å². The first-order valence-electron chi connectivity index (χ1n) is 22.7. The molecule has 0 fully saturated rings. The van der Waals surface area contributed by atoms with E-state index in [-0.39, 0.29) is 0 Å². The standard InChI is InChI=1S/C58H41NS5/c1-2-3-4-5-6-11-28-59-47-29-33(34-18-22-45-51(31-34)63-55-43-12-7-9-14-48(43)60-57(45)55)16-20-37(47)39-24-27-42-40(53(39)59)25-26-41-38-21-17-35(30-50(38)62-54(41)42)36-19-23-46-52(32-36)64-56-44-13-8-10-15-49(44)61-58(46)56/h7-10,12-27,29-32H,2-6,11,28H2,1H3. The summed E-state index contributed by atoms with van der Waals surface area (Å²) in [6.07, 6.45) is 7.71. The number of benzene rings is 8. The molecule has 6 aromatic heterocycles. The molecule has 1 nitrogen and oxygen atoms in total. The van der Waals surface area contributed by atoms with Crippen molar-refractivity contribution in [1.29, 1.82) is 0 Å². The molecular weight excluding hydrogens is 871 g/mol. The van der Waals surface area contributed by atoms with Gasteiger partial charge in [0.2, 0.25) is 0 Å². The van der Waals surface area contributed by atoms with Gasteiger partial charge in [-0.2, -0.15) is 0 Å². The Morgan fingerprint density at radius 1 is 0.328 bits per heavy atom. The Labute approximate surface area is 390 Å². The van der Waals surface area contributed by atoms with E-state index >= 15 is 0 Å². The zero-order chi connectivity index (χ0) is 42.0. The van der Waals surface area contributed by atoms with Crippen LogP contribution in [-0.2, 0) is 6.54 Å². The topological polar surface area (TPSA) is 4.93 Å². The Kier molecular flexibility index (Phi) is 8.68. The average molecular weight is 912 g/mol. The number of aromatic nitrogens is 1. The third kappa shape index (κ3) is 5.69. The van der Waals surface area contributed by atoms with Crippen molar-refractivity contribution in [2.75, 3.05) is 0 Å². The minimum Gasteiger partial charge on any atom is -0.340 e. The summed E-state index contributed by atoms with van der Waals surface area (Å²) < 4.78 is 16.6. The van der Waals surface area contributed by atoms with Gasteiger partial charge in [-0.1, -0.05) is 148 Å². The van der Waals surface area contributed by atoms with Gasteiger partial charge in [-0.15, -0.1) is 56.7 Å². The largest absolute Gasteiger partial charge is 0.340 e. The van der Waals surface area contributed by atoms with Crippen molar-refractivity contribution in [1.82, 2.24) is 4.57 Å². The maximum atomic E-state index is 2.69. The average Bonchev–Trinajstić information content (AvgIpc) is 4.18. The Bertz CT molecular complexity index is 4200. The second-order valence-corrected chi connectivity index (χ2v) is 22.9. The first-order chi connectivity index (χ1) is 31.7. The number of unbranched alkanes of at least 4 members (excludes halogenated alkanes) is 5. The molecule has 0 spiro atoms. The van der Waals surface area contributed by atoms with Crippen LogP contribution in [0.3, 0.4) is 0 Å². The molecule has 0 saturated carbocycles. The van der Waals surface area contributed by atoms with Crippen molar-refractivity contribution in [3.05, 3.63) is 146 Å². The summed E-state index contributed by atoms with van der Waals surface area (Å²) in [6, 6.07) is 56.0. The van der Waals surface area contributed by atoms with Gasteiger partial charge in [-0.05, 0) is 65.1 Å². The molecular formula is C58H41NS5. The van der Waals surface area contributed by atoms with Crippen molar-refractivity contribution in [2.45, 2.75) is 52.0 Å².